The Morgan fingerprint density at radius 1 is 0.710 bits per heavy atom. The molecule has 0 aliphatic carbocycles. The molecule has 0 saturated carbocycles. The lowest BCUT2D eigenvalue weighted by molar-refractivity contribution is 0.0579. The van der Waals surface area contributed by atoms with Crippen molar-refractivity contribution >= 4 is 60.9 Å². The average Bonchev–Trinajstić information content (AvgIpc) is 2.78. The number of nitrogens with zero attached hydrogens (tertiary/aromatic N) is 1. The van der Waals surface area contributed by atoms with Crippen molar-refractivity contribution in [1.82, 2.24) is 4.90 Å². The smallest absolute Gasteiger partial charge is 0.336 e. The zero-order valence-electron chi connectivity index (χ0n) is 16.2. The standard InChI is InChI=1S/C25H15NO5/c27-11-10-26-23(28)18-8-5-15-12-2-1-3-13-17(25(30)31)7-4-14(20(12)13)16-6-9-19(24(26)29)22(18)21(15)16/h1-9,27H,10-11H2,(H,30,31). The number of fused-ring (bicyclic) bond motifs is 2. The van der Waals surface area contributed by atoms with Crippen LogP contribution in [0.3, 0.4) is 0 Å². The molecule has 0 fully saturated rings. The van der Waals surface area contributed by atoms with E-state index in [4.69, 9.17) is 0 Å². The summed E-state index contributed by atoms with van der Waals surface area (Å²) in [6, 6.07) is 16.1. The van der Waals surface area contributed by atoms with E-state index in [1.165, 1.54) is 0 Å². The summed E-state index contributed by atoms with van der Waals surface area (Å²) in [7, 11) is 0. The maximum atomic E-state index is 13.0. The highest BCUT2D eigenvalue weighted by Crippen LogP contribution is 2.44. The summed E-state index contributed by atoms with van der Waals surface area (Å²) in [5.74, 6) is -1.82. The van der Waals surface area contributed by atoms with Crippen LogP contribution in [0.4, 0.5) is 0 Å². The Morgan fingerprint density at radius 2 is 1.26 bits per heavy atom. The molecule has 1 heterocycles. The molecule has 1 aliphatic heterocycles. The van der Waals surface area contributed by atoms with Gasteiger partial charge in [-0.3, -0.25) is 14.5 Å². The fourth-order valence-electron chi connectivity index (χ4n) is 5.03. The minimum atomic E-state index is -0.986. The minimum absolute atomic E-state index is 0.0534. The molecule has 2 N–H and O–H groups in total. The van der Waals surface area contributed by atoms with Crippen LogP contribution < -0.4 is 0 Å². The molecular weight excluding hydrogens is 394 g/mol. The van der Waals surface area contributed by atoms with Crippen LogP contribution >= 0.6 is 0 Å². The summed E-state index contributed by atoms with van der Waals surface area (Å²) >= 11 is 0. The van der Waals surface area contributed by atoms with Crippen molar-refractivity contribution in [2.75, 3.05) is 13.2 Å². The van der Waals surface area contributed by atoms with Crippen LogP contribution in [0.2, 0.25) is 0 Å². The van der Waals surface area contributed by atoms with Crippen molar-refractivity contribution in [2.45, 2.75) is 0 Å². The van der Waals surface area contributed by atoms with Gasteiger partial charge in [-0.05, 0) is 55.9 Å². The zero-order valence-corrected chi connectivity index (χ0v) is 16.2. The zero-order chi connectivity index (χ0) is 21.4. The number of hydrogen-bond donors (Lipinski definition) is 2. The molecule has 0 unspecified atom stereocenters. The number of amides is 2. The number of rotatable bonds is 3. The second-order valence-electron chi connectivity index (χ2n) is 7.75. The van der Waals surface area contributed by atoms with Crippen molar-refractivity contribution in [3.8, 4) is 0 Å². The van der Waals surface area contributed by atoms with E-state index in [1.807, 2.05) is 24.3 Å². The summed E-state index contributed by atoms with van der Waals surface area (Å²) in [4.78, 5) is 38.9. The molecule has 0 bridgehead atoms. The summed E-state index contributed by atoms with van der Waals surface area (Å²) < 4.78 is 0. The monoisotopic (exact) mass is 409 g/mol. The van der Waals surface area contributed by atoms with Crippen molar-refractivity contribution in [2.24, 2.45) is 0 Å². The average molecular weight is 409 g/mol. The van der Waals surface area contributed by atoms with Gasteiger partial charge >= 0.3 is 5.97 Å². The van der Waals surface area contributed by atoms with Crippen LogP contribution in [0.5, 0.6) is 0 Å². The number of benzene rings is 5. The molecule has 5 aromatic rings. The van der Waals surface area contributed by atoms with Gasteiger partial charge in [0, 0.05) is 16.5 Å². The molecule has 6 heteroatoms. The molecule has 6 nitrogen and oxygen atoms in total. The largest absolute Gasteiger partial charge is 0.478 e. The third kappa shape index (κ3) is 2.12. The predicted octanol–water partition coefficient (Wildman–Crippen LogP) is 4.02. The number of aliphatic hydroxyl groups is 1. The Hall–Kier alpha value is -4.03. The molecule has 0 saturated heterocycles. The molecule has 0 radical (unpaired) electrons. The quantitative estimate of drug-likeness (QED) is 0.267. The van der Waals surface area contributed by atoms with Gasteiger partial charge in [-0.15, -0.1) is 0 Å². The molecule has 0 spiro atoms. The van der Waals surface area contributed by atoms with Crippen molar-refractivity contribution in [1.29, 1.82) is 0 Å². The van der Waals surface area contributed by atoms with Crippen LogP contribution in [0.25, 0.3) is 43.1 Å². The Balaban J connectivity index is 1.84. The van der Waals surface area contributed by atoms with Gasteiger partial charge in [0.15, 0.2) is 0 Å². The number of carboxylic acids is 1. The van der Waals surface area contributed by atoms with E-state index in [9.17, 15) is 24.6 Å². The lowest BCUT2D eigenvalue weighted by Gasteiger charge is -2.28. The number of aliphatic hydroxyl groups excluding tert-OH is 1. The lowest BCUT2D eigenvalue weighted by Crippen LogP contribution is -2.41. The van der Waals surface area contributed by atoms with Gasteiger partial charge in [0.05, 0.1) is 18.7 Å². The first-order valence-corrected chi connectivity index (χ1v) is 9.89. The SMILES string of the molecule is O=C(O)c1ccc2c3ccc4c5c(ccc(c6cccc1c62)c53)C(=O)N(CCO)C4=O. The first kappa shape index (κ1) is 17.8. The fourth-order valence-corrected chi connectivity index (χ4v) is 5.03. The van der Waals surface area contributed by atoms with E-state index in [1.54, 1.807) is 30.3 Å². The number of imide groups is 1. The predicted molar refractivity (Wildman–Crippen MR) is 117 cm³/mol. The molecule has 2 amide bonds. The Labute approximate surface area is 175 Å². The number of hydrogen-bond acceptors (Lipinski definition) is 4. The Kier molecular flexibility index (Phi) is 3.44. The lowest BCUT2D eigenvalue weighted by atomic mass is 9.84. The van der Waals surface area contributed by atoms with E-state index in [2.05, 4.69) is 0 Å². The summed E-state index contributed by atoms with van der Waals surface area (Å²) in [5, 5.41) is 25.4. The maximum Gasteiger partial charge on any atom is 0.336 e. The van der Waals surface area contributed by atoms with Gasteiger partial charge < -0.3 is 10.2 Å². The first-order chi connectivity index (χ1) is 15.0. The summed E-state index contributed by atoms with van der Waals surface area (Å²) in [6.07, 6.45) is 0. The molecule has 1 aliphatic rings. The second-order valence-corrected chi connectivity index (χ2v) is 7.75. The van der Waals surface area contributed by atoms with E-state index in [0.29, 0.717) is 21.9 Å². The van der Waals surface area contributed by atoms with E-state index < -0.39 is 17.8 Å². The molecule has 5 aromatic carbocycles. The highest BCUT2D eigenvalue weighted by Gasteiger charge is 2.33. The van der Waals surface area contributed by atoms with Gasteiger partial charge in [0.1, 0.15) is 0 Å². The number of carbonyl (C=O) groups excluding carboxylic acids is 2. The van der Waals surface area contributed by atoms with Gasteiger partial charge in [-0.1, -0.05) is 36.4 Å². The van der Waals surface area contributed by atoms with Crippen LogP contribution in [0.1, 0.15) is 31.1 Å². The molecule has 150 valence electrons. The van der Waals surface area contributed by atoms with Gasteiger partial charge in [-0.2, -0.15) is 0 Å². The van der Waals surface area contributed by atoms with Gasteiger partial charge in [0.25, 0.3) is 11.8 Å². The molecular formula is C25H15NO5. The highest BCUT2D eigenvalue weighted by molar-refractivity contribution is 6.38. The van der Waals surface area contributed by atoms with Crippen LogP contribution in [-0.2, 0) is 0 Å². The van der Waals surface area contributed by atoms with Crippen LogP contribution in [-0.4, -0.2) is 46.0 Å². The summed E-state index contributed by atoms with van der Waals surface area (Å²) in [6.45, 7) is -0.352. The second kappa shape index (κ2) is 6.00. The van der Waals surface area contributed by atoms with Crippen molar-refractivity contribution in [3.63, 3.8) is 0 Å². The van der Waals surface area contributed by atoms with Crippen molar-refractivity contribution < 1.29 is 24.6 Å². The molecule has 6 rings (SSSR count). The highest BCUT2D eigenvalue weighted by atomic mass is 16.4. The topological polar surface area (TPSA) is 94.9 Å². The van der Waals surface area contributed by atoms with E-state index in [-0.39, 0.29) is 18.7 Å². The molecule has 0 atom stereocenters. The Bertz CT molecular complexity index is 1550. The number of aromatic carboxylic acids is 1. The maximum absolute atomic E-state index is 13.0. The van der Waals surface area contributed by atoms with E-state index in [0.717, 1.165) is 37.2 Å². The number of carbonyl (C=O) groups is 3. The minimum Gasteiger partial charge on any atom is -0.478 e. The van der Waals surface area contributed by atoms with E-state index >= 15 is 0 Å². The van der Waals surface area contributed by atoms with Gasteiger partial charge in [-0.25, -0.2) is 4.79 Å². The third-order valence-electron chi connectivity index (χ3n) is 6.29. The Morgan fingerprint density at radius 3 is 1.87 bits per heavy atom. The molecule has 0 aromatic heterocycles. The van der Waals surface area contributed by atoms with Crippen molar-refractivity contribution in [3.05, 3.63) is 71.3 Å². The van der Waals surface area contributed by atoms with Gasteiger partial charge in [0.2, 0.25) is 0 Å². The number of carboxylic acid groups (broad SMARTS) is 1. The van der Waals surface area contributed by atoms with Crippen LogP contribution in [0, 0.1) is 0 Å². The first-order valence-electron chi connectivity index (χ1n) is 9.89. The fraction of sp³-hybridized carbons (Fsp3) is 0.0800. The molecule has 31 heavy (non-hydrogen) atoms. The summed E-state index contributed by atoms with van der Waals surface area (Å²) in [5.41, 5.74) is 1.10. The van der Waals surface area contributed by atoms with Crippen LogP contribution in [0.15, 0.2) is 54.6 Å². The normalized spacial score (nSPS) is 13.9. The third-order valence-corrected chi connectivity index (χ3v) is 6.29. The number of β-amino-alcohol motifs (C(OH)–C–C–N with tert-alkyl or cyclic N) is 1.